The van der Waals surface area contributed by atoms with E-state index in [9.17, 15) is 21.6 Å². The van der Waals surface area contributed by atoms with Gasteiger partial charge in [0.2, 0.25) is 10.0 Å². The predicted molar refractivity (Wildman–Crippen MR) is 95.0 cm³/mol. The molecule has 0 amide bonds. The van der Waals surface area contributed by atoms with Crippen molar-refractivity contribution in [3.05, 3.63) is 73.9 Å². The number of hydrogen-bond donors (Lipinski definition) is 1. The Kier molecular flexibility index (Phi) is 6.71. The Morgan fingerprint density at radius 2 is 1.73 bits per heavy atom. The fourth-order valence-corrected chi connectivity index (χ4v) is 2.34. The van der Waals surface area contributed by atoms with E-state index < -0.39 is 21.9 Å². The molecule has 1 aromatic carbocycles. The minimum Gasteiger partial charge on any atom is -0.299 e. The molecule has 0 saturated heterocycles. The lowest BCUT2D eigenvalue weighted by Crippen LogP contribution is -2.12. The minimum atomic E-state index is -4.62. The maximum absolute atomic E-state index is 12.9. The molecule has 0 atom stereocenters. The van der Waals surface area contributed by atoms with Gasteiger partial charge >= 0.3 is 6.18 Å². The first-order chi connectivity index (χ1) is 12.0. The summed E-state index contributed by atoms with van der Waals surface area (Å²) < 4.78 is 62.2. The Hall–Kier alpha value is -2.65. The molecule has 2 N–H and O–H groups in total. The second-order valence-electron chi connectivity index (χ2n) is 4.99. The van der Waals surface area contributed by atoms with E-state index in [0.717, 1.165) is 10.8 Å². The molecule has 0 radical (unpaired) electrons. The monoisotopic (exact) mass is 385 g/mol. The molecular formula is C17H18F3N3O2S. The largest absolute Gasteiger partial charge is 0.434 e. The number of imidazole rings is 1. The van der Waals surface area contributed by atoms with Crippen LogP contribution in [0.3, 0.4) is 0 Å². The molecule has 0 fully saturated rings. The zero-order valence-corrected chi connectivity index (χ0v) is 14.8. The first-order valence-corrected chi connectivity index (χ1v) is 8.69. The van der Waals surface area contributed by atoms with Gasteiger partial charge in [-0.25, -0.2) is 18.5 Å². The summed E-state index contributed by atoms with van der Waals surface area (Å²) in [7, 11) is -3.89. The molecule has 0 saturated carbocycles. The number of alkyl halides is 3. The predicted octanol–water partition coefficient (Wildman–Crippen LogP) is 3.93. The molecule has 2 rings (SSSR count). The summed E-state index contributed by atoms with van der Waals surface area (Å²) in [5.41, 5.74) is -0.625. The van der Waals surface area contributed by atoms with Crippen molar-refractivity contribution in [1.29, 1.82) is 0 Å². The van der Waals surface area contributed by atoms with Crippen LogP contribution < -0.4 is 5.14 Å². The van der Waals surface area contributed by atoms with Crippen LogP contribution in [0.5, 0.6) is 0 Å². The Labute approximate surface area is 150 Å². The van der Waals surface area contributed by atoms with Gasteiger partial charge < -0.3 is 0 Å². The Balaban J connectivity index is 0.00000105. The van der Waals surface area contributed by atoms with E-state index in [1.54, 1.807) is 6.08 Å². The number of hydrogen-bond acceptors (Lipinski definition) is 3. The highest BCUT2D eigenvalue weighted by molar-refractivity contribution is 7.89. The lowest BCUT2D eigenvalue weighted by Gasteiger charge is -2.08. The highest BCUT2D eigenvalue weighted by Gasteiger charge is 2.35. The van der Waals surface area contributed by atoms with Crippen LogP contribution in [0.4, 0.5) is 13.2 Å². The van der Waals surface area contributed by atoms with Crippen LogP contribution in [0.1, 0.15) is 18.4 Å². The fraction of sp³-hybridized carbons (Fsp3) is 0.118. The number of rotatable bonds is 4. The number of allylic oxidation sites excluding steroid dienone is 3. The highest BCUT2D eigenvalue weighted by atomic mass is 32.2. The van der Waals surface area contributed by atoms with E-state index in [2.05, 4.69) is 24.7 Å². The van der Waals surface area contributed by atoms with E-state index in [1.807, 2.05) is 6.92 Å². The molecule has 1 aromatic heterocycles. The van der Waals surface area contributed by atoms with Crippen molar-refractivity contribution in [2.45, 2.75) is 18.0 Å². The molecule has 0 aliphatic rings. The summed E-state index contributed by atoms with van der Waals surface area (Å²) in [6, 6.07) is 5.03. The lowest BCUT2D eigenvalue weighted by molar-refractivity contribution is -0.140. The van der Waals surface area contributed by atoms with Gasteiger partial charge in [-0.15, -0.1) is 6.58 Å². The van der Waals surface area contributed by atoms with Crippen molar-refractivity contribution in [2.75, 3.05) is 0 Å². The van der Waals surface area contributed by atoms with Crippen molar-refractivity contribution in [1.82, 2.24) is 9.55 Å². The number of nitrogens with two attached hydrogens (primary N) is 1. The van der Waals surface area contributed by atoms with Gasteiger partial charge in [0, 0.05) is 17.5 Å². The third-order valence-electron chi connectivity index (χ3n) is 2.97. The molecule has 0 unspecified atom stereocenters. The van der Waals surface area contributed by atoms with Gasteiger partial charge in [0.1, 0.15) is 5.82 Å². The lowest BCUT2D eigenvalue weighted by atomic mass is 10.2. The van der Waals surface area contributed by atoms with Gasteiger partial charge in [-0.3, -0.25) is 4.57 Å². The van der Waals surface area contributed by atoms with Crippen LogP contribution in [-0.4, -0.2) is 18.0 Å². The summed E-state index contributed by atoms with van der Waals surface area (Å²) in [6.45, 7) is 12.3. The first-order valence-electron chi connectivity index (χ1n) is 7.14. The van der Waals surface area contributed by atoms with E-state index in [1.165, 1.54) is 30.3 Å². The van der Waals surface area contributed by atoms with Gasteiger partial charge in [0.05, 0.1) is 4.90 Å². The fourth-order valence-electron chi connectivity index (χ4n) is 1.83. The second kappa shape index (κ2) is 8.15. The van der Waals surface area contributed by atoms with Crippen LogP contribution >= 0.6 is 0 Å². The van der Waals surface area contributed by atoms with Crippen LogP contribution in [-0.2, 0) is 16.2 Å². The Morgan fingerprint density at radius 1 is 1.23 bits per heavy atom. The molecule has 9 heteroatoms. The average Bonchev–Trinajstić information content (AvgIpc) is 2.99. The summed E-state index contributed by atoms with van der Waals surface area (Å²) in [5, 5.41) is 4.98. The Bertz CT molecular complexity index is 912. The topological polar surface area (TPSA) is 78.0 Å². The SMILES string of the molecule is C=CC.C=CC(=C)c1nc(C(F)(F)F)cn1-c1ccc(S(N)(=O)=O)cc1. The highest BCUT2D eigenvalue weighted by Crippen LogP contribution is 2.31. The summed E-state index contributed by atoms with van der Waals surface area (Å²) in [6.07, 6.45) is -0.796. The molecule has 26 heavy (non-hydrogen) atoms. The molecule has 1 heterocycles. The number of halogens is 3. The number of sulfonamides is 1. The zero-order valence-electron chi connectivity index (χ0n) is 14.0. The molecule has 0 aliphatic carbocycles. The van der Waals surface area contributed by atoms with Gasteiger partial charge in [-0.05, 0) is 31.2 Å². The number of nitrogens with zero attached hydrogens (tertiary/aromatic N) is 2. The van der Waals surface area contributed by atoms with E-state index in [-0.39, 0.29) is 22.0 Å². The molecule has 0 aliphatic heterocycles. The van der Waals surface area contributed by atoms with Crippen molar-refractivity contribution in [2.24, 2.45) is 5.14 Å². The quantitative estimate of drug-likeness (QED) is 0.640. The maximum atomic E-state index is 12.9. The van der Waals surface area contributed by atoms with Crippen molar-refractivity contribution < 1.29 is 21.6 Å². The summed E-state index contributed by atoms with van der Waals surface area (Å²) in [4.78, 5) is 3.37. The van der Waals surface area contributed by atoms with E-state index >= 15 is 0 Å². The van der Waals surface area contributed by atoms with Crippen molar-refractivity contribution >= 4 is 15.6 Å². The minimum absolute atomic E-state index is 0.0457. The van der Waals surface area contributed by atoms with Crippen LogP contribution in [0.2, 0.25) is 0 Å². The standard InChI is InChI=1S/C14H12F3N3O2S.C3H6/c1-3-9(2)13-19-12(14(15,16)17)8-20(13)10-4-6-11(7-5-10)23(18,21)22;1-3-2/h3-8H,1-2H2,(H2,18,21,22);3H,1H2,2H3. The zero-order chi connectivity index (χ0) is 20.1. The summed E-state index contributed by atoms with van der Waals surface area (Å²) >= 11 is 0. The number of benzene rings is 1. The van der Waals surface area contributed by atoms with E-state index in [4.69, 9.17) is 5.14 Å². The van der Waals surface area contributed by atoms with Gasteiger partial charge in [-0.1, -0.05) is 25.3 Å². The van der Waals surface area contributed by atoms with Gasteiger partial charge in [-0.2, -0.15) is 13.2 Å². The third kappa shape index (κ3) is 5.17. The average molecular weight is 385 g/mol. The van der Waals surface area contributed by atoms with Crippen LogP contribution in [0, 0.1) is 0 Å². The third-order valence-corrected chi connectivity index (χ3v) is 3.90. The molecule has 0 bridgehead atoms. The van der Waals surface area contributed by atoms with Crippen molar-refractivity contribution in [3.63, 3.8) is 0 Å². The smallest absolute Gasteiger partial charge is 0.299 e. The van der Waals surface area contributed by atoms with Crippen LogP contribution in [0.25, 0.3) is 11.3 Å². The van der Waals surface area contributed by atoms with E-state index in [0.29, 0.717) is 0 Å². The molecule has 0 spiro atoms. The number of aromatic nitrogens is 2. The first kappa shape index (κ1) is 21.4. The molecular weight excluding hydrogens is 367 g/mol. The number of primary sulfonamides is 1. The molecule has 5 nitrogen and oxygen atoms in total. The second-order valence-corrected chi connectivity index (χ2v) is 6.56. The van der Waals surface area contributed by atoms with Crippen LogP contribution in [0.15, 0.2) is 67.2 Å². The Morgan fingerprint density at radius 3 is 2.12 bits per heavy atom. The molecule has 140 valence electrons. The molecule has 2 aromatic rings. The van der Waals surface area contributed by atoms with Crippen molar-refractivity contribution in [3.8, 4) is 5.69 Å². The summed E-state index contributed by atoms with van der Waals surface area (Å²) in [5.74, 6) is -0.0457. The van der Waals surface area contributed by atoms with Gasteiger partial charge in [0.15, 0.2) is 5.69 Å². The van der Waals surface area contributed by atoms with Gasteiger partial charge in [0.25, 0.3) is 0 Å². The normalized spacial score (nSPS) is 11.3. The maximum Gasteiger partial charge on any atom is 0.434 e.